The highest BCUT2D eigenvalue weighted by atomic mass is 16.3. The van der Waals surface area contributed by atoms with E-state index in [1.54, 1.807) is 0 Å². The zero-order chi connectivity index (χ0) is 14.1. The number of fused-ring (bicyclic) bond motifs is 1. The van der Waals surface area contributed by atoms with Crippen molar-refractivity contribution in [3.05, 3.63) is 48.5 Å². The Morgan fingerprint density at radius 2 is 1.71 bits per heavy atom. The van der Waals surface area contributed by atoms with Gasteiger partial charge in [-0.1, -0.05) is 18.2 Å². The summed E-state index contributed by atoms with van der Waals surface area (Å²) in [4.78, 5) is 7.09. The molecule has 0 bridgehead atoms. The van der Waals surface area contributed by atoms with Crippen molar-refractivity contribution in [2.75, 3.05) is 18.0 Å². The highest BCUT2D eigenvalue weighted by Crippen LogP contribution is 2.28. The molecule has 1 aromatic heterocycles. The fourth-order valence-corrected chi connectivity index (χ4v) is 2.97. The van der Waals surface area contributed by atoms with Gasteiger partial charge in [-0.15, -0.1) is 0 Å². The molecule has 0 spiro atoms. The number of rotatable bonds is 2. The van der Waals surface area contributed by atoms with Crippen LogP contribution in [0.5, 0.6) is 0 Å². The van der Waals surface area contributed by atoms with Crippen LogP contribution in [0.25, 0.3) is 22.6 Å². The van der Waals surface area contributed by atoms with Crippen LogP contribution >= 0.6 is 0 Å². The van der Waals surface area contributed by atoms with Gasteiger partial charge in [-0.05, 0) is 49.6 Å². The van der Waals surface area contributed by atoms with Crippen molar-refractivity contribution in [1.29, 1.82) is 0 Å². The first-order valence-corrected chi connectivity index (χ1v) is 7.61. The van der Waals surface area contributed by atoms with E-state index >= 15 is 0 Å². The molecule has 4 rings (SSSR count). The first-order valence-electron chi connectivity index (χ1n) is 7.61. The molecule has 1 saturated heterocycles. The summed E-state index contributed by atoms with van der Waals surface area (Å²) in [5.74, 6) is 0.696. The number of anilines is 1. The molecule has 1 aliphatic rings. The van der Waals surface area contributed by atoms with Gasteiger partial charge in [0.2, 0.25) is 5.89 Å². The summed E-state index contributed by atoms with van der Waals surface area (Å²) in [5, 5.41) is 0. The Kier molecular flexibility index (Phi) is 3.11. The molecule has 106 valence electrons. The van der Waals surface area contributed by atoms with E-state index in [2.05, 4.69) is 22.0 Å². The van der Waals surface area contributed by atoms with Gasteiger partial charge in [0.1, 0.15) is 5.52 Å². The molecular formula is C18H18N2O. The fraction of sp³-hybridized carbons (Fsp3) is 0.278. The van der Waals surface area contributed by atoms with Crippen molar-refractivity contribution >= 4 is 16.8 Å². The van der Waals surface area contributed by atoms with Crippen molar-refractivity contribution in [1.82, 2.24) is 4.98 Å². The number of benzene rings is 2. The molecule has 0 N–H and O–H groups in total. The van der Waals surface area contributed by atoms with Gasteiger partial charge in [-0.3, -0.25) is 0 Å². The molecule has 0 radical (unpaired) electrons. The summed E-state index contributed by atoms with van der Waals surface area (Å²) >= 11 is 0. The Morgan fingerprint density at radius 3 is 2.52 bits per heavy atom. The van der Waals surface area contributed by atoms with Crippen LogP contribution in [0.2, 0.25) is 0 Å². The number of aromatic nitrogens is 1. The van der Waals surface area contributed by atoms with Crippen LogP contribution in [0.3, 0.4) is 0 Å². The zero-order valence-electron chi connectivity index (χ0n) is 12.0. The monoisotopic (exact) mass is 278 g/mol. The van der Waals surface area contributed by atoms with Crippen molar-refractivity contribution in [3.8, 4) is 11.5 Å². The molecule has 0 saturated carbocycles. The number of nitrogens with zero attached hydrogens (tertiary/aromatic N) is 2. The maximum absolute atomic E-state index is 5.87. The van der Waals surface area contributed by atoms with Gasteiger partial charge in [0.15, 0.2) is 5.58 Å². The van der Waals surface area contributed by atoms with Gasteiger partial charge in [0.25, 0.3) is 0 Å². The Labute approximate surface area is 124 Å². The summed E-state index contributed by atoms with van der Waals surface area (Å²) < 4.78 is 5.87. The third-order valence-corrected chi connectivity index (χ3v) is 4.11. The largest absolute Gasteiger partial charge is 0.436 e. The third kappa shape index (κ3) is 2.40. The van der Waals surface area contributed by atoms with Gasteiger partial charge in [-0.2, -0.15) is 0 Å². The van der Waals surface area contributed by atoms with E-state index in [9.17, 15) is 0 Å². The van der Waals surface area contributed by atoms with E-state index in [4.69, 9.17) is 4.42 Å². The van der Waals surface area contributed by atoms with Crippen molar-refractivity contribution in [3.63, 3.8) is 0 Å². The van der Waals surface area contributed by atoms with Crippen LogP contribution in [0, 0.1) is 0 Å². The standard InChI is InChI=1S/C18H18N2O/c1-3-7-14(8-4-1)18-19-16-13-15(9-10-17(16)21-18)20-11-5-2-6-12-20/h1,3-4,7-10,13H,2,5-6,11-12H2. The molecule has 3 nitrogen and oxygen atoms in total. The van der Waals surface area contributed by atoms with E-state index in [0.29, 0.717) is 5.89 Å². The second-order valence-corrected chi connectivity index (χ2v) is 5.58. The second-order valence-electron chi connectivity index (χ2n) is 5.58. The van der Waals surface area contributed by atoms with E-state index in [0.717, 1.165) is 29.8 Å². The molecule has 2 aromatic carbocycles. The van der Waals surface area contributed by atoms with Crippen LogP contribution in [0.1, 0.15) is 19.3 Å². The highest BCUT2D eigenvalue weighted by molar-refractivity contribution is 5.80. The predicted molar refractivity (Wildman–Crippen MR) is 85.5 cm³/mol. The molecule has 3 heteroatoms. The molecule has 0 atom stereocenters. The Hall–Kier alpha value is -2.29. The van der Waals surface area contributed by atoms with E-state index < -0.39 is 0 Å². The molecule has 2 heterocycles. The minimum atomic E-state index is 0.696. The Bertz CT molecular complexity index is 742. The molecule has 1 aliphatic heterocycles. The lowest BCUT2D eigenvalue weighted by Crippen LogP contribution is -2.29. The average molecular weight is 278 g/mol. The SMILES string of the molecule is c1ccc(-c2nc3cc(N4CCCCC4)ccc3o2)cc1. The number of hydrogen-bond acceptors (Lipinski definition) is 3. The third-order valence-electron chi connectivity index (χ3n) is 4.11. The lowest BCUT2D eigenvalue weighted by atomic mass is 10.1. The van der Waals surface area contributed by atoms with Gasteiger partial charge < -0.3 is 9.32 Å². The van der Waals surface area contributed by atoms with Crippen molar-refractivity contribution in [2.24, 2.45) is 0 Å². The average Bonchev–Trinajstić information content (AvgIpc) is 2.99. The lowest BCUT2D eigenvalue weighted by Gasteiger charge is -2.28. The summed E-state index contributed by atoms with van der Waals surface area (Å²) in [6.07, 6.45) is 3.92. The maximum Gasteiger partial charge on any atom is 0.227 e. The highest BCUT2D eigenvalue weighted by Gasteiger charge is 2.13. The van der Waals surface area contributed by atoms with E-state index in [1.807, 2.05) is 36.4 Å². The molecule has 0 aliphatic carbocycles. The Morgan fingerprint density at radius 1 is 0.905 bits per heavy atom. The van der Waals surface area contributed by atoms with Crippen molar-refractivity contribution < 1.29 is 4.42 Å². The van der Waals surface area contributed by atoms with E-state index in [1.165, 1.54) is 24.9 Å². The first-order chi connectivity index (χ1) is 10.4. The number of hydrogen-bond donors (Lipinski definition) is 0. The second kappa shape index (κ2) is 5.24. The van der Waals surface area contributed by atoms with E-state index in [-0.39, 0.29) is 0 Å². The minimum Gasteiger partial charge on any atom is -0.436 e. The molecule has 21 heavy (non-hydrogen) atoms. The Balaban J connectivity index is 1.71. The predicted octanol–water partition coefficient (Wildman–Crippen LogP) is 4.49. The number of piperidine rings is 1. The topological polar surface area (TPSA) is 29.3 Å². The summed E-state index contributed by atoms with van der Waals surface area (Å²) in [5.41, 5.74) is 4.08. The molecule has 0 unspecified atom stereocenters. The summed E-state index contributed by atoms with van der Waals surface area (Å²) in [6, 6.07) is 16.4. The van der Waals surface area contributed by atoms with Gasteiger partial charge in [0, 0.05) is 24.3 Å². The molecule has 1 fully saturated rings. The van der Waals surface area contributed by atoms with Gasteiger partial charge in [0.05, 0.1) is 0 Å². The van der Waals surface area contributed by atoms with Gasteiger partial charge >= 0.3 is 0 Å². The minimum absolute atomic E-state index is 0.696. The lowest BCUT2D eigenvalue weighted by molar-refractivity contribution is 0.578. The smallest absolute Gasteiger partial charge is 0.227 e. The van der Waals surface area contributed by atoms with Crippen LogP contribution in [-0.4, -0.2) is 18.1 Å². The number of oxazole rings is 1. The first kappa shape index (κ1) is 12.5. The maximum atomic E-state index is 5.87. The summed E-state index contributed by atoms with van der Waals surface area (Å²) in [7, 11) is 0. The van der Waals surface area contributed by atoms with Crippen LogP contribution < -0.4 is 4.90 Å². The van der Waals surface area contributed by atoms with Gasteiger partial charge in [-0.25, -0.2) is 4.98 Å². The van der Waals surface area contributed by atoms with Crippen LogP contribution in [0.4, 0.5) is 5.69 Å². The molecule has 3 aromatic rings. The van der Waals surface area contributed by atoms with Crippen molar-refractivity contribution in [2.45, 2.75) is 19.3 Å². The summed E-state index contributed by atoms with van der Waals surface area (Å²) in [6.45, 7) is 2.30. The molecule has 0 amide bonds. The van der Waals surface area contributed by atoms with Crippen LogP contribution in [-0.2, 0) is 0 Å². The van der Waals surface area contributed by atoms with Crippen LogP contribution in [0.15, 0.2) is 52.9 Å². The quantitative estimate of drug-likeness (QED) is 0.692. The fourth-order valence-electron chi connectivity index (χ4n) is 2.97. The zero-order valence-corrected chi connectivity index (χ0v) is 12.0. The molecular weight excluding hydrogens is 260 g/mol. The normalized spacial score (nSPS) is 15.5.